The van der Waals surface area contributed by atoms with Gasteiger partial charge in [-0.1, -0.05) is 25.1 Å². The number of aliphatic imine (C=N–C) groups is 1. The monoisotopic (exact) mass is 413 g/mol. The maximum atomic E-state index is 12.9. The Kier molecular flexibility index (Phi) is 8.34. The first-order valence-corrected chi connectivity index (χ1v) is 10.1. The molecule has 2 rings (SSSR count). The van der Waals surface area contributed by atoms with Crippen molar-refractivity contribution in [1.29, 1.82) is 0 Å². The van der Waals surface area contributed by atoms with Gasteiger partial charge in [0.1, 0.15) is 0 Å². The number of carbonyl (C=O) groups excluding carboxylic acids is 1. The maximum absolute atomic E-state index is 12.9. The first-order chi connectivity index (χ1) is 13.8. The van der Waals surface area contributed by atoms with Crippen LogP contribution in [0.1, 0.15) is 50.2 Å². The second-order valence-electron chi connectivity index (χ2n) is 7.30. The highest BCUT2D eigenvalue weighted by Crippen LogP contribution is 2.31. The highest BCUT2D eigenvalue weighted by molar-refractivity contribution is 5.80. The Morgan fingerprint density at radius 2 is 2.03 bits per heavy atom. The smallest absolute Gasteiger partial charge is 0.416 e. The third-order valence-electron chi connectivity index (χ3n) is 5.27. The average Bonchev–Trinajstić information content (AvgIpc) is 2.71. The van der Waals surface area contributed by atoms with Crippen LogP contribution in [0, 0.1) is 5.92 Å². The molecule has 1 aliphatic heterocycles. The van der Waals surface area contributed by atoms with E-state index in [2.05, 4.69) is 15.2 Å². The number of likely N-dealkylation sites (tertiary alicyclic amines) is 1. The van der Waals surface area contributed by atoms with Crippen LogP contribution in [0.5, 0.6) is 0 Å². The summed E-state index contributed by atoms with van der Waals surface area (Å²) in [4.78, 5) is 18.3. The number of alkyl halides is 3. The molecule has 0 saturated carbocycles. The Morgan fingerprint density at radius 3 is 2.62 bits per heavy atom. The predicted molar refractivity (Wildman–Crippen MR) is 107 cm³/mol. The van der Waals surface area contributed by atoms with Gasteiger partial charge in [0.25, 0.3) is 0 Å². The molecule has 1 saturated heterocycles. The average molecular weight is 413 g/mol. The largest absolute Gasteiger partial charge is 0.466 e. The summed E-state index contributed by atoms with van der Waals surface area (Å²) in [7, 11) is 1.70. The van der Waals surface area contributed by atoms with E-state index in [9.17, 15) is 18.0 Å². The highest BCUT2D eigenvalue weighted by Gasteiger charge is 2.31. The van der Waals surface area contributed by atoms with E-state index in [0.29, 0.717) is 38.2 Å². The van der Waals surface area contributed by atoms with E-state index in [0.717, 1.165) is 24.9 Å². The van der Waals surface area contributed by atoms with E-state index in [1.54, 1.807) is 20.0 Å². The van der Waals surface area contributed by atoms with Crippen LogP contribution in [-0.2, 0) is 15.7 Å². The number of hydrogen-bond acceptors (Lipinski definition) is 3. The Labute approximate surface area is 170 Å². The topological polar surface area (TPSA) is 53.9 Å². The Morgan fingerprint density at radius 1 is 1.34 bits per heavy atom. The summed E-state index contributed by atoms with van der Waals surface area (Å²) in [5, 5.41) is 3.29. The molecule has 1 unspecified atom stereocenters. The molecule has 1 aromatic carbocycles. The van der Waals surface area contributed by atoms with Crippen molar-refractivity contribution in [2.75, 3.05) is 33.3 Å². The van der Waals surface area contributed by atoms with Crippen molar-refractivity contribution in [3.63, 3.8) is 0 Å². The number of nitrogens with zero attached hydrogens (tertiary/aromatic N) is 2. The lowest BCUT2D eigenvalue weighted by Crippen LogP contribution is -2.47. The zero-order valence-corrected chi connectivity index (χ0v) is 17.3. The van der Waals surface area contributed by atoms with Crippen LogP contribution in [0.15, 0.2) is 29.3 Å². The van der Waals surface area contributed by atoms with Gasteiger partial charge in [-0.25, -0.2) is 0 Å². The molecule has 1 atom stereocenters. The minimum atomic E-state index is -4.33. The van der Waals surface area contributed by atoms with Crippen LogP contribution in [-0.4, -0.2) is 50.1 Å². The molecule has 0 spiro atoms. The molecule has 0 aliphatic carbocycles. The van der Waals surface area contributed by atoms with Crippen molar-refractivity contribution < 1.29 is 22.7 Å². The fraction of sp³-hybridized carbons (Fsp3) is 0.619. The van der Waals surface area contributed by atoms with Crippen LogP contribution in [0.4, 0.5) is 13.2 Å². The van der Waals surface area contributed by atoms with Crippen molar-refractivity contribution >= 4 is 11.9 Å². The fourth-order valence-electron chi connectivity index (χ4n) is 3.51. The number of rotatable bonds is 6. The molecule has 0 bridgehead atoms. The van der Waals surface area contributed by atoms with Gasteiger partial charge in [-0.15, -0.1) is 0 Å². The first-order valence-electron chi connectivity index (χ1n) is 10.1. The number of carbonyl (C=O) groups is 1. The quantitative estimate of drug-likeness (QED) is 0.434. The summed E-state index contributed by atoms with van der Waals surface area (Å²) in [5.74, 6) is 0.538. The summed E-state index contributed by atoms with van der Waals surface area (Å²) in [5.41, 5.74) is 0.0574. The Balaban J connectivity index is 1.82. The van der Waals surface area contributed by atoms with Crippen LogP contribution in [0.2, 0.25) is 0 Å². The zero-order chi connectivity index (χ0) is 21.4. The van der Waals surface area contributed by atoms with Gasteiger partial charge in [-0.3, -0.25) is 9.79 Å². The van der Waals surface area contributed by atoms with Crippen LogP contribution in [0.3, 0.4) is 0 Å². The second kappa shape index (κ2) is 10.5. The Bertz CT molecular complexity index is 699. The summed E-state index contributed by atoms with van der Waals surface area (Å²) in [6, 6.07) is 5.50. The lowest BCUT2D eigenvalue weighted by Gasteiger charge is -2.33. The van der Waals surface area contributed by atoms with Gasteiger partial charge < -0.3 is 15.0 Å². The summed E-state index contributed by atoms with van der Waals surface area (Å²) in [6.07, 6.45) is -2.20. The molecule has 1 aliphatic rings. The molecule has 1 aromatic rings. The standard InChI is InChI=1S/C21H30F3N3O2/c1-4-29-19(28)16-9-12-27(13-10-16)20(25-3)26-11-8-15(2)17-6-5-7-18(14-17)21(22,23)24/h5-7,14-16H,4,8-13H2,1-3H3,(H,25,26). The maximum Gasteiger partial charge on any atom is 0.416 e. The number of nitrogens with one attached hydrogen (secondary N) is 1. The summed E-state index contributed by atoms with van der Waals surface area (Å²) < 4.78 is 43.8. The van der Waals surface area contributed by atoms with Gasteiger partial charge in [0.15, 0.2) is 5.96 Å². The number of hydrogen-bond donors (Lipinski definition) is 1. The molecule has 8 heteroatoms. The van der Waals surface area contributed by atoms with Gasteiger partial charge in [-0.2, -0.15) is 13.2 Å². The van der Waals surface area contributed by atoms with Gasteiger partial charge >= 0.3 is 12.1 Å². The summed E-state index contributed by atoms with van der Waals surface area (Å²) >= 11 is 0. The van der Waals surface area contributed by atoms with Gasteiger partial charge in [-0.05, 0) is 43.7 Å². The van der Waals surface area contributed by atoms with E-state index in [4.69, 9.17) is 4.74 Å². The fourth-order valence-corrected chi connectivity index (χ4v) is 3.51. The van der Waals surface area contributed by atoms with E-state index in [1.807, 2.05) is 6.92 Å². The first kappa shape index (κ1) is 23.0. The van der Waals surface area contributed by atoms with Crippen molar-refractivity contribution in [2.45, 2.75) is 45.2 Å². The minimum Gasteiger partial charge on any atom is -0.466 e. The highest BCUT2D eigenvalue weighted by atomic mass is 19.4. The van der Waals surface area contributed by atoms with E-state index < -0.39 is 11.7 Å². The third kappa shape index (κ3) is 6.65. The third-order valence-corrected chi connectivity index (χ3v) is 5.27. The molecule has 1 N–H and O–H groups in total. The molecule has 0 radical (unpaired) electrons. The van der Waals surface area contributed by atoms with Crippen LogP contribution < -0.4 is 5.32 Å². The Hall–Kier alpha value is -2.25. The number of esters is 1. The SMILES string of the molecule is CCOC(=O)C1CCN(C(=NC)NCCC(C)c2cccc(C(F)(F)F)c2)CC1. The molecular weight excluding hydrogens is 383 g/mol. The molecule has 0 aromatic heterocycles. The molecule has 29 heavy (non-hydrogen) atoms. The number of ether oxygens (including phenoxy) is 1. The van der Waals surface area contributed by atoms with Crippen molar-refractivity contribution in [3.05, 3.63) is 35.4 Å². The van der Waals surface area contributed by atoms with E-state index in [-0.39, 0.29) is 17.8 Å². The van der Waals surface area contributed by atoms with E-state index >= 15 is 0 Å². The predicted octanol–water partition coefficient (Wildman–Crippen LogP) is 4.05. The molecule has 162 valence electrons. The zero-order valence-electron chi connectivity index (χ0n) is 17.3. The van der Waals surface area contributed by atoms with Crippen molar-refractivity contribution in [2.24, 2.45) is 10.9 Å². The van der Waals surface area contributed by atoms with Gasteiger partial charge in [0.05, 0.1) is 18.1 Å². The number of piperidine rings is 1. The van der Waals surface area contributed by atoms with Gasteiger partial charge in [0.2, 0.25) is 0 Å². The van der Waals surface area contributed by atoms with Gasteiger partial charge in [0, 0.05) is 26.7 Å². The lowest BCUT2D eigenvalue weighted by molar-refractivity contribution is -0.149. The lowest BCUT2D eigenvalue weighted by atomic mass is 9.96. The number of halogens is 3. The van der Waals surface area contributed by atoms with Crippen molar-refractivity contribution in [3.8, 4) is 0 Å². The second-order valence-corrected chi connectivity index (χ2v) is 7.30. The van der Waals surface area contributed by atoms with E-state index in [1.165, 1.54) is 12.1 Å². The number of guanidine groups is 1. The number of benzene rings is 1. The molecule has 0 amide bonds. The molecule has 5 nitrogen and oxygen atoms in total. The summed E-state index contributed by atoms with van der Waals surface area (Å²) in [6.45, 7) is 6.15. The minimum absolute atomic E-state index is 0.0162. The van der Waals surface area contributed by atoms with Crippen LogP contribution in [0.25, 0.3) is 0 Å². The molecule has 1 fully saturated rings. The van der Waals surface area contributed by atoms with Crippen molar-refractivity contribution in [1.82, 2.24) is 10.2 Å². The van der Waals surface area contributed by atoms with Crippen LogP contribution >= 0.6 is 0 Å². The normalized spacial score (nSPS) is 17.2. The molecule has 1 heterocycles. The molecular formula is C21H30F3N3O2.